The van der Waals surface area contributed by atoms with Crippen LogP contribution in [0.2, 0.25) is 0 Å². The topological polar surface area (TPSA) is 46.3 Å². The number of carbonyl (C=O) groups is 1. The van der Waals surface area contributed by atoms with Gasteiger partial charge in [-0.25, -0.2) is 4.39 Å². The van der Waals surface area contributed by atoms with E-state index >= 15 is 0 Å². The summed E-state index contributed by atoms with van der Waals surface area (Å²) in [5, 5.41) is 0. The number of primary amides is 1. The van der Waals surface area contributed by atoms with Gasteiger partial charge in [-0.2, -0.15) is 0 Å². The van der Waals surface area contributed by atoms with E-state index in [1.165, 1.54) is 0 Å². The molecule has 5 heteroatoms. The van der Waals surface area contributed by atoms with E-state index in [0.717, 1.165) is 0 Å². The third kappa shape index (κ3) is 2.08. The van der Waals surface area contributed by atoms with Crippen LogP contribution in [0.4, 0.5) is 4.39 Å². The zero-order valence-electron chi connectivity index (χ0n) is 6.67. The smallest absolute Gasteiger partial charge is 0.234 e. The van der Waals surface area contributed by atoms with E-state index in [4.69, 9.17) is 17.3 Å². The Morgan fingerprint density at radius 1 is 1.75 bits per heavy atom. The first-order chi connectivity index (χ1) is 5.65. The van der Waals surface area contributed by atoms with Gasteiger partial charge in [0, 0.05) is 25.4 Å². The summed E-state index contributed by atoms with van der Waals surface area (Å²) in [4.78, 5) is 12.5. The Morgan fingerprint density at radius 2 is 2.42 bits per heavy atom. The number of rotatable bonds is 3. The lowest BCUT2D eigenvalue weighted by atomic mass is 10.2. The largest absolute Gasteiger partial charge is 0.368 e. The number of halogens is 2. The van der Waals surface area contributed by atoms with Gasteiger partial charge in [0.25, 0.3) is 0 Å². The fourth-order valence-electron chi connectivity index (χ4n) is 1.50. The van der Waals surface area contributed by atoms with Gasteiger partial charge in [-0.15, -0.1) is 11.6 Å². The average Bonchev–Trinajstić information content (AvgIpc) is 2.32. The lowest BCUT2D eigenvalue weighted by Gasteiger charge is -2.19. The summed E-state index contributed by atoms with van der Waals surface area (Å²) in [6.45, 7) is 0.801. The van der Waals surface area contributed by atoms with E-state index in [1.807, 2.05) is 0 Å². The molecule has 2 N–H and O–H groups in total. The van der Waals surface area contributed by atoms with Gasteiger partial charge in [-0.05, 0) is 0 Å². The van der Waals surface area contributed by atoms with E-state index in [9.17, 15) is 9.18 Å². The maximum Gasteiger partial charge on any atom is 0.234 e. The average molecular weight is 195 g/mol. The number of hydrogen-bond acceptors (Lipinski definition) is 2. The van der Waals surface area contributed by atoms with Crippen molar-refractivity contribution in [3.05, 3.63) is 0 Å². The van der Waals surface area contributed by atoms with Crippen molar-refractivity contribution in [2.75, 3.05) is 19.0 Å². The molecule has 70 valence electrons. The highest BCUT2D eigenvalue weighted by Gasteiger charge is 2.34. The molecular formula is C7H12ClFN2O. The van der Waals surface area contributed by atoms with Crippen molar-refractivity contribution in [2.45, 2.75) is 18.6 Å². The Balaban J connectivity index is 2.53. The molecule has 12 heavy (non-hydrogen) atoms. The maximum absolute atomic E-state index is 12.8. The molecule has 0 aromatic rings. The fourth-order valence-corrected chi connectivity index (χ4v) is 1.72. The predicted molar refractivity (Wildman–Crippen MR) is 44.8 cm³/mol. The van der Waals surface area contributed by atoms with E-state index in [2.05, 4.69) is 0 Å². The number of nitrogens with zero attached hydrogens (tertiary/aromatic N) is 1. The van der Waals surface area contributed by atoms with Crippen molar-refractivity contribution < 1.29 is 9.18 Å². The molecule has 0 bridgehead atoms. The summed E-state index contributed by atoms with van der Waals surface area (Å²) < 4.78 is 12.8. The second kappa shape index (κ2) is 4.05. The van der Waals surface area contributed by atoms with Crippen molar-refractivity contribution in [3.8, 4) is 0 Å². The minimum absolute atomic E-state index is 0.215. The molecule has 1 fully saturated rings. The van der Waals surface area contributed by atoms with Crippen LogP contribution >= 0.6 is 11.6 Å². The molecule has 1 saturated heterocycles. The molecule has 0 saturated carbocycles. The van der Waals surface area contributed by atoms with Crippen LogP contribution in [-0.2, 0) is 4.79 Å². The van der Waals surface area contributed by atoms with Gasteiger partial charge in [0.2, 0.25) is 5.91 Å². The first-order valence-corrected chi connectivity index (χ1v) is 4.42. The zero-order valence-corrected chi connectivity index (χ0v) is 7.43. The molecule has 1 rings (SSSR count). The minimum Gasteiger partial charge on any atom is -0.368 e. The van der Waals surface area contributed by atoms with Crippen molar-refractivity contribution in [1.82, 2.24) is 4.90 Å². The van der Waals surface area contributed by atoms with Gasteiger partial charge in [-0.1, -0.05) is 0 Å². The summed E-state index contributed by atoms with van der Waals surface area (Å²) >= 11 is 5.48. The summed E-state index contributed by atoms with van der Waals surface area (Å²) in [5.74, 6) is -0.0588. The van der Waals surface area contributed by atoms with Gasteiger partial charge < -0.3 is 5.73 Å². The predicted octanol–water partition coefficient (Wildman–Crippen LogP) is 0.123. The first-order valence-electron chi connectivity index (χ1n) is 3.88. The molecule has 1 heterocycles. The van der Waals surface area contributed by atoms with Gasteiger partial charge in [0.15, 0.2) is 0 Å². The highest BCUT2D eigenvalue weighted by Crippen LogP contribution is 2.19. The maximum atomic E-state index is 12.8. The molecule has 1 amide bonds. The third-order valence-electron chi connectivity index (χ3n) is 2.05. The Bertz CT molecular complexity index is 179. The first kappa shape index (κ1) is 9.74. The van der Waals surface area contributed by atoms with E-state index < -0.39 is 18.1 Å². The molecule has 2 atom stereocenters. The van der Waals surface area contributed by atoms with Gasteiger partial charge in [-0.3, -0.25) is 9.69 Å². The summed E-state index contributed by atoms with van der Waals surface area (Å²) in [5.41, 5.74) is 5.09. The fraction of sp³-hybridized carbons (Fsp3) is 0.857. The molecule has 0 aliphatic carbocycles. The SMILES string of the molecule is NC(=O)C1CC(F)CN1CCCl. The number of alkyl halides is 2. The second-order valence-corrected chi connectivity index (χ2v) is 3.31. The van der Waals surface area contributed by atoms with Gasteiger partial charge in [0.1, 0.15) is 6.17 Å². The molecule has 0 aromatic carbocycles. The Hall–Kier alpha value is -0.350. The van der Waals surface area contributed by atoms with Crippen LogP contribution < -0.4 is 5.73 Å². The molecular weight excluding hydrogens is 183 g/mol. The molecule has 1 aliphatic heterocycles. The standard InChI is InChI=1S/C7H12ClFN2O/c8-1-2-11-4-5(9)3-6(11)7(10)12/h5-6H,1-4H2,(H2,10,12). The van der Waals surface area contributed by atoms with Gasteiger partial charge in [0.05, 0.1) is 6.04 Å². The zero-order chi connectivity index (χ0) is 9.14. The quantitative estimate of drug-likeness (QED) is 0.649. The number of nitrogens with two attached hydrogens (primary N) is 1. The lowest BCUT2D eigenvalue weighted by Crippen LogP contribution is -2.41. The Labute approximate surface area is 75.7 Å². The molecule has 0 radical (unpaired) electrons. The second-order valence-electron chi connectivity index (χ2n) is 2.94. The summed E-state index contributed by atoms with van der Waals surface area (Å²) in [7, 11) is 0. The Morgan fingerprint density at radius 3 is 2.92 bits per heavy atom. The van der Waals surface area contributed by atoms with Crippen LogP contribution in [0.15, 0.2) is 0 Å². The number of amides is 1. The highest BCUT2D eigenvalue weighted by atomic mass is 35.5. The van der Waals surface area contributed by atoms with Crippen LogP contribution in [0.1, 0.15) is 6.42 Å². The lowest BCUT2D eigenvalue weighted by molar-refractivity contribution is -0.122. The highest BCUT2D eigenvalue weighted by molar-refractivity contribution is 6.18. The summed E-state index contributed by atoms with van der Waals surface area (Å²) in [6.07, 6.45) is -0.725. The van der Waals surface area contributed by atoms with E-state index in [1.54, 1.807) is 4.90 Å². The summed E-state index contributed by atoms with van der Waals surface area (Å²) in [6, 6.07) is -0.459. The third-order valence-corrected chi connectivity index (χ3v) is 2.22. The minimum atomic E-state index is -0.939. The number of likely N-dealkylation sites (tertiary alicyclic amines) is 1. The molecule has 1 aliphatic rings. The molecule has 3 nitrogen and oxygen atoms in total. The molecule has 0 aromatic heterocycles. The van der Waals surface area contributed by atoms with Gasteiger partial charge >= 0.3 is 0 Å². The molecule has 2 unspecified atom stereocenters. The van der Waals surface area contributed by atoms with E-state index in [-0.39, 0.29) is 13.0 Å². The van der Waals surface area contributed by atoms with Crippen LogP contribution in [0.5, 0.6) is 0 Å². The van der Waals surface area contributed by atoms with Crippen LogP contribution in [0.25, 0.3) is 0 Å². The monoisotopic (exact) mass is 194 g/mol. The number of hydrogen-bond donors (Lipinski definition) is 1. The van der Waals surface area contributed by atoms with Crippen molar-refractivity contribution in [2.24, 2.45) is 5.73 Å². The number of carbonyl (C=O) groups excluding carboxylic acids is 1. The van der Waals surface area contributed by atoms with Crippen LogP contribution in [0.3, 0.4) is 0 Å². The van der Waals surface area contributed by atoms with E-state index in [0.29, 0.717) is 12.4 Å². The molecule has 0 spiro atoms. The van der Waals surface area contributed by atoms with Crippen molar-refractivity contribution >= 4 is 17.5 Å². The Kier molecular flexibility index (Phi) is 3.29. The van der Waals surface area contributed by atoms with Crippen LogP contribution in [0, 0.1) is 0 Å². The normalized spacial score (nSPS) is 30.8. The van der Waals surface area contributed by atoms with Crippen molar-refractivity contribution in [1.29, 1.82) is 0 Å². The van der Waals surface area contributed by atoms with Crippen LogP contribution in [-0.4, -0.2) is 42.0 Å². The van der Waals surface area contributed by atoms with Crippen molar-refractivity contribution in [3.63, 3.8) is 0 Å².